The summed E-state index contributed by atoms with van der Waals surface area (Å²) in [7, 11) is 0. The van der Waals surface area contributed by atoms with Crippen molar-refractivity contribution in [1.29, 1.82) is 0 Å². The minimum Gasteiger partial charge on any atom is -0.487 e. The second-order valence-electron chi connectivity index (χ2n) is 3.33. The first-order chi connectivity index (χ1) is 8.16. The molecule has 2 nitrogen and oxygen atoms in total. The molecule has 0 saturated carbocycles. The number of aromatic nitrogens is 1. The molecule has 0 aliphatic heterocycles. The molecule has 2 rings (SSSR count). The van der Waals surface area contributed by atoms with E-state index in [9.17, 15) is 8.78 Å². The van der Waals surface area contributed by atoms with Crippen molar-refractivity contribution in [3.8, 4) is 5.75 Å². The van der Waals surface area contributed by atoms with Crippen molar-refractivity contribution >= 4 is 15.9 Å². The van der Waals surface area contributed by atoms with Gasteiger partial charge in [0.25, 0.3) is 0 Å². The summed E-state index contributed by atoms with van der Waals surface area (Å²) in [6.07, 6.45) is 3.07. The molecule has 2 aromatic rings. The Hall–Kier alpha value is -1.49. The molecule has 0 radical (unpaired) electrons. The van der Waals surface area contributed by atoms with E-state index in [1.807, 2.05) is 0 Å². The Morgan fingerprint density at radius 3 is 2.53 bits per heavy atom. The van der Waals surface area contributed by atoms with Gasteiger partial charge < -0.3 is 4.74 Å². The lowest BCUT2D eigenvalue weighted by Crippen LogP contribution is -2.01. The molecule has 17 heavy (non-hydrogen) atoms. The summed E-state index contributed by atoms with van der Waals surface area (Å²) in [4.78, 5) is 3.88. The molecule has 0 saturated heterocycles. The molecule has 0 amide bonds. The van der Waals surface area contributed by atoms with E-state index in [0.717, 1.165) is 4.47 Å². The van der Waals surface area contributed by atoms with Crippen molar-refractivity contribution in [3.63, 3.8) is 0 Å². The van der Waals surface area contributed by atoms with Gasteiger partial charge in [0.2, 0.25) is 0 Å². The number of halogens is 3. The molecule has 0 unspecified atom stereocenters. The van der Waals surface area contributed by atoms with Crippen LogP contribution in [-0.2, 0) is 6.61 Å². The van der Waals surface area contributed by atoms with Crippen molar-refractivity contribution in [2.45, 2.75) is 6.61 Å². The fraction of sp³-hybridized carbons (Fsp3) is 0.0833. The van der Waals surface area contributed by atoms with Gasteiger partial charge in [0.1, 0.15) is 24.0 Å². The topological polar surface area (TPSA) is 22.1 Å². The van der Waals surface area contributed by atoms with Gasteiger partial charge in [-0.1, -0.05) is 6.07 Å². The Morgan fingerprint density at radius 2 is 1.88 bits per heavy atom. The number of nitrogens with zero attached hydrogens (tertiary/aromatic N) is 1. The molecule has 1 aromatic carbocycles. The number of pyridine rings is 1. The third-order valence-electron chi connectivity index (χ3n) is 2.12. The molecule has 0 N–H and O–H groups in total. The van der Waals surface area contributed by atoms with Crippen LogP contribution in [0.25, 0.3) is 0 Å². The monoisotopic (exact) mass is 299 g/mol. The van der Waals surface area contributed by atoms with Gasteiger partial charge in [0.05, 0.1) is 11.8 Å². The minimum atomic E-state index is -0.618. The number of rotatable bonds is 3. The molecule has 88 valence electrons. The van der Waals surface area contributed by atoms with Crippen LogP contribution in [0.15, 0.2) is 41.1 Å². The zero-order chi connectivity index (χ0) is 12.3. The van der Waals surface area contributed by atoms with Crippen LogP contribution in [-0.4, -0.2) is 4.98 Å². The molecule has 0 spiro atoms. The molecule has 5 heteroatoms. The average molecular weight is 300 g/mol. The summed E-state index contributed by atoms with van der Waals surface area (Å²) in [6.45, 7) is -0.170. The standard InChI is InChI=1S/C12H8BrF2NO/c13-8-4-9(6-16-5-8)17-7-10-11(14)2-1-3-12(10)15/h1-6H,7H2. The Kier molecular flexibility index (Phi) is 3.68. The van der Waals surface area contributed by atoms with Crippen LogP contribution in [0.2, 0.25) is 0 Å². The maximum absolute atomic E-state index is 13.3. The van der Waals surface area contributed by atoms with Crippen LogP contribution < -0.4 is 4.74 Å². The highest BCUT2D eigenvalue weighted by Gasteiger charge is 2.09. The summed E-state index contributed by atoms with van der Waals surface area (Å²) in [5.74, 6) is -0.789. The van der Waals surface area contributed by atoms with E-state index in [1.165, 1.54) is 24.4 Å². The van der Waals surface area contributed by atoms with Gasteiger partial charge in [0, 0.05) is 10.7 Å². The molecule has 1 aromatic heterocycles. The van der Waals surface area contributed by atoms with Crippen molar-refractivity contribution in [1.82, 2.24) is 4.98 Å². The first kappa shape index (κ1) is 12.0. The smallest absolute Gasteiger partial charge is 0.139 e. The maximum atomic E-state index is 13.3. The highest BCUT2D eigenvalue weighted by molar-refractivity contribution is 9.10. The van der Waals surface area contributed by atoms with E-state index in [-0.39, 0.29) is 12.2 Å². The Bertz CT molecular complexity index is 513. The third-order valence-corrected chi connectivity index (χ3v) is 2.56. The van der Waals surface area contributed by atoms with Gasteiger partial charge in [-0.3, -0.25) is 4.98 Å². The lowest BCUT2D eigenvalue weighted by molar-refractivity contribution is 0.291. The Balaban J connectivity index is 2.13. The van der Waals surface area contributed by atoms with Gasteiger partial charge in [-0.15, -0.1) is 0 Å². The van der Waals surface area contributed by atoms with Crippen LogP contribution in [0, 0.1) is 11.6 Å². The van der Waals surface area contributed by atoms with Gasteiger partial charge in [-0.25, -0.2) is 8.78 Å². The van der Waals surface area contributed by atoms with Gasteiger partial charge in [-0.05, 0) is 34.1 Å². The molecule has 0 aliphatic carbocycles. The normalized spacial score (nSPS) is 10.3. The first-order valence-electron chi connectivity index (χ1n) is 4.83. The molecule has 0 bridgehead atoms. The third kappa shape index (κ3) is 3.00. The van der Waals surface area contributed by atoms with Crippen molar-refractivity contribution in [2.24, 2.45) is 0 Å². The fourth-order valence-corrected chi connectivity index (χ4v) is 1.64. The highest BCUT2D eigenvalue weighted by Crippen LogP contribution is 2.19. The van der Waals surface area contributed by atoms with E-state index in [1.54, 1.807) is 12.3 Å². The predicted molar refractivity (Wildman–Crippen MR) is 62.6 cm³/mol. The minimum absolute atomic E-state index is 0.0903. The molecular formula is C12H8BrF2NO. The van der Waals surface area contributed by atoms with Crippen LogP contribution in [0.3, 0.4) is 0 Å². The average Bonchev–Trinajstić information content (AvgIpc) is 2.28. The van der Waals surface area contributed by atoms with Gasteiger partial charge >= 0.3 is 0 Å². The fourth-order valence-electron chi connectivity index (χ4n) is 1.30. The first-order valence-corrected chi connectivity index (χ1v) is 5.62. The molecular weight excluding hydrogens is 292 g/mol. The van der Waals surface area contributed by atoms with E-state index in [2.05, 4.69) is 20.9 Å². The summed E-state index contributed by atoms with van der Waals surface area (Å²) in [6, 6.07) is 5.38. The van der Waals surface area contributed by atoms with E-state index >= 15 is 0 Å². The second-order valence-corrected chi connectivity index (χ2v) is 4.24. The Morgan fingerprint density at radius 1 is 1.18 bits per heavy atom. The zero-order valence-corrected chi connectivity index (χ0v) is 10.2. The summed E-state index contributed by atoms with van der Waals surface area (Å²) in [5.41, 5.74) is -0.0903. The molecule has 0 fully saturated rings. The number of benzene rings is 1. The lowest BCUT2D eigenvalue weighted by atomic mass is 10.2. The van der Waals surface area contributed by atoms with Crippen LogP contribution >= 0.6 is 15.9 Å². The zero-order valence-electron chi connectivity index (χ0n) is 8.66. The van der Waals surface area contributed by atoms with E-state index in [4.69, 9.17) is 4.74 Å². The molecule has 0 atom stereocenters. The second kappa shape index (κ2) is 5.23. The molecule has 1 heterocycles. The van der Waals surface area contributed by atoms with Crippen molar-refractivity contribution < 1.29 is 13.5 Å². The number of hydrogen-bond acceptors (Lipinski definition) is 2. The van der Waals surface area contributed by atoms with Gasteiger partial charge in [0.15, 0.2) is 0 Å². The SMILES string of the molecule is Fc1cccc(F)c1COc1cncc(Br)c1. The van der Waals surface area contributed by atoms with E-state index in [0.29, 0.717) is 5.75 Å². The van der Waals surface area contributed by atoms with Crippen molar-refractivity contribution in [3.05, 3.63) is 58.3 Å². The van der Waals surface area contributed by atoms with Crippen LogP contribution in [0.1, 0.15) is 5.56 Å². The summed E-state index contributed by atoms with van der Waals surface area (Å²) in [5, 5.41) is 0. The molecule has 0 aliphatic rings. The number of hydrogen-bond donors (Lipinski definition) is 0. The lowest BCUT2D eigenvalue weighted by Gasteiger charge is -2.07. The van der Waals surface area contributed by atoms with E-state index < -0.39 is 11.6 Å². The van der Waals surface area contributed by atoms with Crippen LogP contribution in [0.5, 0.6) is 5.75 Å². The Labute approximate surface area is 105 Å². The van der Waals surface area contributed by atoms with Crippen molar-refractivity contribution in [2.75, 3.05) is 0 Å². The summed E-state index contributed by atoms with van der Waals surface area (Å²) < 4.78 is 32.6. The van der Waals surface area contributed by atoms with Gasteiger partial charge in [-0.2, -0.15) is 0 Å². The predicted octanol–water partition coefficient (Wildman–Crippen LogP) is 3.70. The maximum Gasteiger partial charge on any atom is 0.139 e. The number of ether oxygens (including phenoxy) is 1. The quantitative estimate of drug-likeness (QED) is 0.862. The summed E-state index contributed by atoms with van der Waals surface area (Å²) >= 11 is 3.23. The van der Waals surface area contributed by atoms with Crippen LogP contribution in [0.4, 0.5) is 8.78 Å². The highest BCUT2D eigenvalue weighted by atomic mass is 79.9. The largest absolute Gasteiger partial charge is 0.487 e.